The average Bonchev–Trinajstić information content (AvgIpc) is 2.40. The van der Waals surface area contributed by atoms with Crippen LogP contribution < -0.4 is 5.32 Å². The first-order chi connectivity index (χ1) is 9.10. The van der Waals surface area contributed by atoms with Gasteiger partial charge in [0.15, 0.2) is 0 Å². The largest absolute Gasteiger partial charge is 0.478 e. The molecule has 1 unspecified atom stereocenters. The lowest BCUT2D eigenvalue weighted by Crippen LogP contribution is -2.32. The Balaban J connectivity index is 2.52. The van der Waals surface area contributed by atoms with Crippen LogP contribution in [-0.4, -0.2) is 38.8 Å². The van der Waals surface area contributed by atoms with Crippen molar-refractivity contribution in [2.24, 2.45) is 5.92 Å². The predicted octanol–water partition coefficient (Wildman–Crippen LogP) is 1.06. The lowest BCUT2D eigenvalue weighted by Gasteiger charge is -2.20. The van der Waals surface area contributed by atoms with Crippen molar-refractivity contribution in [2.45, 2.75) is 39.3 Å². The molecule has 0 saturated heterocycles. The number of rotatable bonds is 8. The zero-order valence-corrected chi connectivity index (χ0v) is 11.3. The van der Waals surface area contributed by atoms with E-state index >= 15 is 0 Å². The highest BCUT2D eigenvalue weighted by atomic mass is 16.4. The third-order valence-corrected chi connectivity index (χ3v) is 3.26. The van der Waals surface area contributed by atoms with Crippen LogP contribution in [0.15, 0.2) is 12.5 Å². The Morgan fingerprint density at radius 3 is 2.68 bits per heavy atom. The van der Waals surface area contributed by atoms with Gasteiger partial charge in [0, 0.05) is 19.3 Å². The molecule has 0 saturated carbocycles. The van der Waals surface area contributed by atoms with Crippen molar-refractivity contribution < 1.29 is 15.0 Å². The van der Waals surface area contributed by atoms with Crippen LogP contribution in [0.4, 0.5) is 0 Å². The summed E-state index contributed by atoms with van der Waals surface area (Å²) in [5.41, 5.74) is 0.520. The zero-order chi connectivity index (χ0) is 14.3. The molecule has 0 aromatic carbocycles. The van der Waals surface area contributed by atoms with E-state index in [1.165, 1.54) is 12.5 Å². The number of carboxylic acid groups (broad SMARTS) is 1. The van der Waals surface area contributed by atoms with Gasteiger partial charge in [-0.05, 0) is 5.92 Å². The van der Waals surface area contributed by atoms with Gasteiger partial charge in [-0.1, -0.05) is 26.7 Å². The number of aliphatic hydroxyl groups excluding tert-OH is 1. The van der Waals surface area contributed by atoms with Crippen molar-refractivity contribution in [1.82, 2.24) is 15.3 Å². The first kappa shape index (κ1) is 15.5. The predicted molar refractivity (Wildman–Crippen MR) is 70.8 cm³/mol. The van der Waals surface area contributed by atoms with Crippen molar-refractivity contribution >= 4 is 5.97 Å². The first-order valence-corrected chi connectivity index (χ1v) is 6.51. The van der Waals surface area contributed by atoms with Gasteiger partial charge in [-0.15, -0.1) is 0 Å². The van der Waals surface area contributed by atoms with Gasteiger partial charge in [0.1, 0.15) is 11.9 Å². The summed E-state index contributed by atoms with van der Waals surface area (Å²) in [6.45, 7) is 4.82. The van der Waals surface area contributed by atoms with Gasteiger partial charge in [0.25, 0.3) is 0 Å². The fourth-order valence-corrected chi connectivity index (χ4v) is 2.01. The Hall–Kier alpha value is -1.53. The minimum Gasteiger partial charge on any atom is -0.478 e. The summed E-state index contributed by atoms with van der Waals surface area (Å²) in [4.78, 5) is 18.6. The van der Waals surface area contributed by atoms with E-state index < -0.39 is 12.1 Å². The molecule has 6 nitrogen and oxygen atoms in total. The van der Waals surface area contributed by atoms with E-state index in [0.29, 0.717) is 18.8 Å². The summed E-state index contributed by atoms with van der Waals surface area (Å²) in [6.07, 6.45) is 4.02. The average molecular weight is 267 g/mol. The molecule has 0 aliphatic carbocycles. The van der Waals surface area contributed by atoms with Crippen LogP contribution in [0.1, 0.15) is 42.7 Å². The van der Waals surface area contributed by atoms with E-state index in [2.05, 4.69) is 15.3 Å². The van der Waals surface area contributed by atoms with Crippen molar-refractivity contribution in [3.8, 4) is 0 Å². The van der Waals surface area contributed by atoms with E-state index in [9.17, 15) is 9.90 Å². The molecular weight excluding hydrogens is 246 g/mol. The molecule has 1 atom stereocenters. The minimum atomic E-state index is -1.04. The molecule has 0 radical (unpaired) electrons. The standard InChI is InChI=1S/C13H21N3O3/c1-3-9(4-2)12(17)7-14-6-11-10(13(18)19)5-15-8-16-11/h5,8-9,12,14,17H,3-4,6-7H2,1-2H3,(H,18,19). The molecule has 0 spiro atoms. The van der Waals surface area contributed by atoms with Gasteiger partial charge in [-0.2, -0.15) is 0 Å². The summed E-state index contributed by atoms with van der Waals surface area (Å²) < 4.78 is 0. The Morgan fingerprint density at radius 2 is 2.11 bits per heavy atom. The van der Waals surface area contributed by atoms with Gasteiger partial charge in [0.05, 0.1) is 11.8 Å². The van der Waals surface area contributed by atoms with Crippen molar-refractivity contribution in [1.29, 1.82) is 0 Å². The fourth-order valence-electron chi connectivity index (χ4n) is 2.01. The lowest BCUT2D eigenvalue weighted by molar-refractivity contribution is 0.0694. The van der Waals surface area contributed by atoms with E-state index in [4.69, 9.17) is 5.11 Å². The number of carbonyl (C=O) groups is 1. The molecular formula is C13H21N3O3. The maximum atomic E-state index is 11.0. The summed E-state index contributed by atoms with van der Waals surface area (Å²) in [5, 5.41) is 22.0. The number of aromatic nitrogens is 2. The quantitative estimate of drug-likeness (QED) is 0.652. The fraction of sp³-hybridized carbons (Fsp3) is 0.615. The number of hydrogen-bond acceptors (Lipinski definition) is 5. The minimum absolute atomic E-state index is 0.0898. The summed E-state index contributed by atoms with van der Waals surface area (Å²) in [5.74, 6) is -0.783. The normalized spacial score (nSPS) is 12.6. The van der Waals surface area contributed by atoms with Crippen LogP contribution >= 0.6 is 0 Å². The molecule has 0 bridgehead atoms. The highest BCUT2D eigenvalue weighted by Crippen LogP contribution is 2.12. The number of carboxylic acids is 1. The number of nitrogens with zero attached hydrogens (tertiary/aromatic N) is 2. The molecule has 106 valence electrons. The molecule has 0 aliphatic heterocycles. The Labute approximate surface area is 112 Å². The van der Waals surface area contributed by atoms with E-state index in [1.807, 2.05) is 13.8 Å². The second-order valence-electron chi connectivity index (χ2n) is 4.46. The topological polar surface area (TPSA) is 95.3 Å². The summed E-state index contributed by atoms with van der Waals surface area (Å²) >= 11 is 0. The van der Waals surface area contributed by atoms with Crippen molar-refractivity contribution in [3.63, 3.8) is 0 Å². The highest BCUT2D eigenvalue weighted by Gasteiger charge is 2.16. The monoisotopic (exact) mass is 267 g/mol. The van der Waals surface area contributed by atoms with Crippen LogP contribution in [0, 0.1) is 5.92 Å². The van der Waals surface area contributed by atoms with Crippen molar-refractivity contribution in [2.75, 3.05) is 6.54 Å². The summed E-state index contributed by atoms with van der Waals surface area (Å²) in [7, 11) is 0. The molecule has 1 rings (SSSR count). The van der Waals surface area contributed by atoms with Crippen LogP contribution in [0.3, 0.4) is 0 Å². The molecule has 1 aromatic heterocycles. The highest BCUT2D eigenvalue weighted by molar-refractivity contribution is 5.88. The molecule has 0 aliphatic rings. The van der Waals surface area contributed by atoms with E-state index in [1.54, 1.807) is 0 Å². The molecule has 1 aromatic rings. The number of aliphatic hydroxyl groups is 1. The Bertz CT molecular complexity index is 408. The van der Waals surface area contributed by atoms with Gasteiger partial charge in [-0.25, -0.2) is 14.8 Å². The third kappa shape index (κ3) is 4.57. The zero-order valence-electron chi connectivity index (χ0n) is 11.3. The molecule has 0 amide bonds. The van der Waals surface area contributed by atoms with Gasteiger partial charge < -0.3 is 15.5 Å². The Kier molecular flexibility index (Phi) is 6.38. The van der Waals surface area contributed by atoms with Crippen LogP contribution in [0.2, 0.25) is 0 Å². The lowest BCUT2D eigenvalue weighted by atomic mass is 9.96. The van der Waals surface area contributed by atoms with Gasteiger partial charge >= 0.3 is 5.97 Å². The van der Waals surface area contributed by atoms with Crippen LogP contribution in [0.25, 0.3) is 0 Å². The number of aromatic carboxylic acids is 1. The number of nitrogens with one attached hydrogen (secondary N) is 1. The van der Waals surface area contributed by atoms with E-state index in [0.717, 1.165) is 12.8 Å². The first-order valence-electron chi connectivity index (χ1n) is 6.51. The van der Waals surface area contributed by atoms with Crippen molar-refractivity contribution in [3.05, 3.63) is 23.8 Å². The van der Waals surface area contributed by atoms with Crippen LogP contribution in [-0.2, 0) is 6.54 Å². The second kappa shape index (κ2) is 7.81. The summed E-state index contributed by atoms with van der Waals surface area (Å²) in [6, 6.07) is 0. The Morgan fingerprint density at radius 1 is 1.42 bits per heavy atom. The number of hydrogen-bond donors (Lipinski definition) is 3. The molecule has 0 fully saturated rings. The third-order valence-electron chi connectivity index (χ3n) is 3.26. The maximum Gasteiger partial charge on any atom is 0.339 e. The smallest absolute Gasteiger partial charge is 0.339 e. The molecule has 6 heteroatoms. The van der Waals surface area contributed by atoms with Gasteiger partial charge in [-0.3, -0.25) is 0 Å². The van der Waals surface area contributed by atoms with E-state index in [-0.39, 0.29) is 11.5 Å². The van der Waals surface area contributed by atoms with Crippen LogP contribution in [0.5, 0.6) is 0 Å². The maximum absolute atomic E-state index is 11.0. The molecule has 3 N–H and O–H groups in total. The second-order valence-corrected chi connectivity index (χ2v) is 4.46. The van der Waals surface area contributed by atoms with Gasteiger partial charge in [0.2, 0.25) is 0 Å². The molecule has 19 heavy (non-hydrogen) atoms. The molecule has 1 heterocycles. The SMILES string of the molecule is CCC(CC)C(O)CNCc1ncncc1C(=O)O.